The van der Waals surface area contributed by atoms with Gasteiger partial charge < -0.3 is 24.8 Å². The lowest BCUT2D eigenvalue weighted by Gasteiger charge is -2.15. The second kappa shape index (κ2) is 8.30. The number of methoxy groups -OCH3 is 1. The lowest BCUT2D eigenvalue weighted by Crippen LogP contribution is -2.31. The number of anilines is 1. The third-order valence-corrected chi connectivity index (χ3v) is 3.68. The fourth-order valence-electron chi connectivity index (χ4n) is 2.51. The number of nitrogens with one attached hydrogen (secondary N) is 1. The van der Waals surface area contributed by atoms with Crippen molar-refractivity contribution in [3.8, 4) is 5.75 Å². The number of rotatable bonds is 8. The summed E-state index contributed by atoms with van der Waals surface area (Å²) in [7, 11) is 1.19. The van der Waals surface area contributed by atoms with Crippen molar-refractivity contribution in [1.29, 1.82) is 0 Å². The van der Waals surface area contributed by atoms with Gasteiger partial charge in [0.1, 0.15) is 5.70 Å². The lowest BCUT2D eigenvalue weighted by atomic mass is 10.2. The van der Waals surface area contributed by atoms with Gasteiger partial charge in [-0.15, -0.1) is 0 Å². The van der Waals surface area contributed by atoms with Crippen molar-refractivity contribution in [2.45, 2.75) is 6.92 Å². The Morgan fingerprint density at radius 1 is 1.46 bits per heavy atom. The molecule has 140 valence electrons. The molecule has 10 heteroatoms. The molecule has 0 atom stereocenters. The zero-order valence-corrected chi connectivity index (χ0v) is 14.4. The van der Waals surface area contributed by atoms with Crippen LogP contribution in [0.2, 0.25) is 0 Å². The van der Waals surface area contributed by atoms with Crippen molar-refractivity contribution >= 4 is 23.3 Å². The van der Waals surface area contributed by atoms with Gasteiger partial charge in [0.25, 0.3) is 5.91 Å². The average Bonchev–Trinajstić information content (AvgIpc) is 2.92. The molecule has 0 spiro atoms. The van der Waals surface area contributed by atoms with Crippen LogP contribution in [-0.2, 0) is 14.3 Å². The number of carbonyl (C=O) groups is 2. The second-order valence-electron chi connectivity index (χ2n) is 5.29. The van der Waals surface area contributed by atoms with Crippen LogP contribution in [0.1, 0.15) is 6.92 Å². The van der Waals surface area contributed by atoms with Crippen molar-refractivity contribution in [3.63, 3.8) is 0 Å². The van der Waals surface area contributed by atoms with Gasteiger partial charge in [-0.1, -0.05) is 0 Å². The van der Waals surface area contributed by atoms with Gasteiger partial charge in [0.05, 0.1) is 37.4 Å². The summed E-state index contributed by atoms with van der Waals surface area (Å²) in [5, 5.41) is 23.0. The number of β-amino-alcohol motifs (C(OH)–C–C–N with tert-alkyl or cyclic N) is 1. The number of nitrogens with zero attached hydrogens (tertiary/aromatic N) is 2. The molecular weight excluding hydrogens is 346 g/mol. The largest absolute Gasteiger partial charge is 0.487 e. The van der Waals surface area contributed by atoms with E-state index in [9.17, 15) is 19.7 Å². The molecule has 0 bridgehead atoms. The number of carbonyl (C=O) groups excluding carboxylic acids is 2. The van der Waals surface area contributed by atoms with E-state index in [0.29, 0.717) is 0 Å². The van der Waals surface area contributed by atoms with Crippen LogP contribution in [0.15, 0.2) is 29.5 Å². The maximum absolute atomic E-state index is 12.4. The first kappa shape index (κ1) is 19.2. The number of amides is 1. The maximum atomic E-state index is 12.4. The molecule has 0 aromatic heterocycles. The van der Waals surface area contributed by atoms with E-state index in [-0.39, 0.29) is 54.7 Å². The molecule has 10 nitrogen and oxygen atoms in total. The number of hydrogen-bond donors (Lipinski definition) is 2. The van der Waals surface area contributed by atoms with Crippen molar-refractivity contribution in [2.75, 3.05) is 38.7 Å². The van der Waals surface area contributed by atoms with E-state index in [2.05, 4.69) is 10.1 Å². The molecule has 0 fully saturated rings. The number of nitro benzene ring substituents is 1. The van der Waals surface area contributed by atoms with Crippen LogP contribution in [0.25, 0.3) is 0 Å². The Labute approximate surface area is 149 Å². The summed E-state index contributed by atoms with van der Waals surface area (Å²) in [6, 6.07) is 4.13. The highest BCUT2D eigenvalue weighted by atomic mass is 16.6. The van der Waals surface area contributed by atoms with Gasteiger partial charge in [0.15, 0.2) is 5.75 Å². The average molecular weight is 365 g/mol. The van der Waals surface area contributed by atoms with Gasteiger partial charge in [-0.05, 0) is 19.1 Å². The molecule has 26 heavy (non-hydrogen) atoms. The summed E-state index contributed by atoms with van der Waals surface area (Å²) >= 11 is 0. The molecule has 2 rings (SSSR count). The van der Waals surface area contributed by atoms with E-state index in [1.54, 1.807) is 6.92 Å². The molecule has 1 amide bonds. The first-order valence-corrected chi connectivity index (χ1v) is 7.82. The SMILES string of the molecule is CCOc1ccc(NC2=C(C(=O)OC)CN(CCO)C2=O)cc1[N+](=O)[O-]. The number of aliphatic hydroxyl groups excluding tert-OH is 1. The van der Waals surface area contributed by atoms with Crippen LogP contribution < -0.4 is 10.1 Å². The maximum Gasteiger partial charge on any atom is 0.337 e. The smallest absolute Gasteiger partial charge is 0.337 e. The summed E-state index contributed by atoms with van der Waals surface area (Å²) in [4.78, 5) is 36.3. The standard InChI is InChI=1S/C16H19N3O7/c1-3-26-13-5-4-10(8-12(13)19(23)24)17-14-11(16(22)25-2)9-18(6-7-20)15(14)21/h4-5,8,17,20H,3,6-7,9H2,1-2H3. The summed E-state index contributed by atoms with van der Waals surface area (Å²) < 4.78 is 9.90. The fraction of sp³-hybridized carbons (Fsp3) is 0.375. The van der Waals surface area contributed by atoms with Crippen LogP contribution in [0.3, 0.4) is 0 Å². The van der Waals surface area contributed by atoms with Gasteiger partial charge in [0.2, 0.25) is 0 Å². The number of ether oxygens (including phenoxy) is 2. The summed E-state index contributed by atoms with van der Waals surface area (Å²) in [6.45, 7) is 1.74. The minimum atomic E-state index is -0.693. The Morgan fingerprint density at radius 3 is 2.77 bits per heavy atom. The van der Waals surface area contributed by atoms with E-state index in [1.807, 2.05) is 0 Å². The van der Waals surface area contributed by atoms with Gasteiger partial charge in [0, 0.05) is 18.3 Å². The Balaban J connectivity index is 2.37. The quantitative estimate of drug-likeness (QED) is 0.390. The summed E-state index contributed by atoms with van der Waals surface area (Å²) in [5.74, 6) is -1.09. The zero-order chi connectivity index (χ0) is 19.3. The zero-order valence-electron chi connectivity index (χ0n) is 14.4. The van der Waals surface area contributed by atoms with Gasteiger partial charge in [-0.3, -0.25) is 14.9 Å². The van der Waals surface area contributed by atoms with Gasteiger partial charge in [-0.2, -0.15) is 0 Å². The van der Waals surface area contributed by atoms with Crippen LogP contribution in [-0.4, -0.2) is 60.2 Å². The molecule has 1 heterocycles. The highest BCUT2D eigenvalue weighted by Crippen LogP contribution is 2.31. The lowest BCUT2D eigenvalue weighted by molar-refractivity contribution is -0.385. The Bertz CT molecular complexity index is 760. The number of esters is 1. The second-order valence-corrected chi connectivity index (χ2v) is 5.29. The van der Waals surface area contributed by atoms with E-state index >= 15 is 0 Å². The molecule has 1 aromatic carbocycles. The van der Waals surface area contributed by atoms with E-state index in [1.165, 1.54) is 30.2 Å². The topological polar surface area (TPSA) is 131 Å². The van der Waals surface area contributed by atoms with Crippen molar-refractivity contribution < 1.29 is 29.1 Å². The van der Waals surface area contributed by atoms with Gasteiger partial charge >= 0.3 is 11.7 Å². The van der Waals surface area contributed by atoms with Crippen LogP contribution in [0.4, 0.5) is 11.4 Å². The number of nitro groups is 1. The first-order valence-electron chi connectivity index (χ1n) is 7.82. The van der Waals surface area contributed by atoms with Crippen LogP contribution in [0, 0.1) is 10.1 Å². The molecule has 0 radical (unpaired) electrons. The third-order valence-electron chi connectivity index (χ3n) is 3.68. The predicted molar refractivity (Wildman–Crippen MR) is 90.6 cm³/mol. The summed E-state index contributed by atoms with van der Waals surface area (Å²) in [5.41, 5.74) is 0.0247. The molecule has 0 aliphatic carbocycles. The van der Waals surface area contributed by atoms with Gasteiger partial charge in [-0.25, -0.2) is 4.79 Å². The number of aliphatic hydroxyl groups is 1. The van der Waals surface area contributed by atoms with E-state index < -0.39 is 16.8 Å². The number of benzene rings is 1. The molecule has 0 saturated heterocycles. The fourth-order valence-corrected chi connectivity index (χ4v) is 2.51. The number of hydrogen-bond acceptors (Lipinski definition) is 8. The predicted octanol–water partition coefficient (Wildman–Crippen LogP) is 0.667. The molecule has 0 saturated carbocycles. The van der Waals surface area contributed by atoms with Crippen molar-refractivity contribution in [3.05, 3.63) is 39.6 Å². The Kier molecular flexibility index (Phi) is 6.12. The molecular formula is C16H19N3O7. The summed E-state index contributed by atoms with van der Waals surface area (Å²) in [6.07, 6.45) is 0. The van der Waals surface area contributed by atoms with Crippen LogP contribution >= 0.6 is 0 Å². The van der Waals surface area contributed by atoms with Crippen molar-refractivity contribution in [2.24, 2.45) is 0 Å². The van der Waals surface area contributed by atoms with E-state index in [0.717, 1.165) is 0 Å². The highest BCUT2D eigenvalue weighted by molar-refractivity contribution is 6.08. The Hall–Kier alpha value is -3.14. The molecule has 0 unspecified atom stereocenters. The molecule has 1 aliphatic rings. The first-order chi connectivity index (χ1) is 12.4. The monoisotopic (exact) mass is 365 g/mol. The third kappa shape index (κ3) is 3.91. The van der Waals surface area contributed by atoms with Crippen molar-refractivity contribution in [1.82, 2.24) is 4.90 Å². The normalized spacial score (nSPS) is 13.8. The van der Waals surface area contributed by atoms with E-state index in [4.69, 9.17) is 9.84 Å². The minimum absolute atomic E-state index is 0.0203. The Morgan fingerprint density at radius 2 is 2.19 bits per heavy atom. The molecule has 1 aliphatic heterocycles. The highest BCUT2D eigenvalue weighted by Gasteiger charge is 2.34. The molecule has 1 aromatic rings. The molecule has 2 N–H and O–H groups in total. The van der Waals surface area contributed by atoms with Crippen LogP contribution in [0.5, 0.6) is 5.75 Å². The minimum Gasteiger partial charge on any atom is -0.487 e.